The lowest BCUT2D eigenvalue weighted by molar-refractivity contribution is 0.270. The lowest BCUT2D eigenvalue weighted by atomic mass is 10.3. The van der Waals surface area contributed by atoms with Gasteiger partial charge in [-0.15, -0.1) is 23.2 Å². The van der Waals surface area contributed by atoms with Crippen LogP contribution < -0.4 is 9.47 Å². The molecular weight excluding hydrogens is 421 g/mol. The molecule has 118 valence electrons. The fraction of sp³-hybridized carbons (Fsp3) is 0.500. The molecule has 1 aromatic carbocycles. The van der Waals surface area contributed by atoms with E-state index in [0.717, 1.165) is 0 Å². The second-order valence-corrected chi connectivity index (χ2v) is 8.01. The van der Waals surface area contributed by atoms with Gasteiger partial charge in [0.2, 0.25) is 0 Å². The average molecular weight is 431 g/mol. The van der Waals surface area contributed by atoms with Crippen molar-refractivity contribution in [2.24, 2.45) is 0 Å². The summed E-state index contributed by atoms with van der Waals surface area (Å²) in [6.07, 6.45) is 0. The van der Waals surface area contributed by atoms with Crippen molar-refractivity contribution in [3.05, 3.63) is 20.1 Å². The molecule has 0 fully saturated rings. The van der Waals surface area contributed by atoms with Crippen molar-refractivity contribution in [2.45, 2.75) is 10.6 Å². The Morgan fingerprint density at radius 3 is 1.95 bits per heavy atom. The molecule has 0 radical (unpaired) electrons. The van der Waals surface area contributed by atoms with Crippen molar-refractivity contribution >= 4 is 81.4 Å². The summed E-state index contributed by atoms with van der Waals surface area (Å²) in [5.74, 6) is 1.63. The predicted octanol–water partition coefficient (Wildman–Crippen LogP) is 6.02. The number of hydrogen-bond donors (Lipinski definition) is 0. The minimum atomic E-state index is -0.198. The van der Waals surface area contributed by atoms with Gasteiger partial charge in [-0.25, -0.2) is 0 Å². The Labute approximate surface area is 157 Å². The summed E-state index contributed by atoms with van der Waals surface area (Å²) in [6.45, 7) is 0.579. The Balaban J connectivity index is 2.44. The van der Waals surface area contributed by atoms with E-state index in [1.807, 2.05) is 0 Å². The first kappa shape index (κ1) is 18.3. The Bertz CT molecular complexity index is 527. The van der Waals surface area contributed by atoms with Crippen LogP contribution in [0.15, 0.2) is 0 Å². The quantitative estimate of drug-likeness (QED) is 0.308. The molecule has 1 aliphatic heterocycles. The smallest absolute Gasteiger partial charge is 0.183 e. The van der Waals surface area contributed by atoms with Gasteiger partial charge in [-0.1, -0.05) is 46.4 Å². The first-order valence-electron chi connectivity index (χ1n) is 5.88. The van der Waals surface area contributed by atoms with Gasteiger partial charge in [-0.3, -0.25) is 0 Å². The molecule has 21 heavy (non-hydrogen) atoms. The minimum Gasteiger partial charge on any atom is -0.487 e. The lowest BCUT2D eigenvalue weighted by Crippen LogP contribution is -2.23. The molecule has 2 rings (SSSR count). The van der Waals surface area contributed by atoms with Gasteiger partial charge in [-0.05, 0) is 0 Å². The minimum absolute atomic E-state index is 0.0724. The zero-order valence-corrected chi connectivity index (χ0v) is 15.8. The average Bonchev–Trinajstić information content (AvgIpc) is 2.49. The van der Waals surface area contributed by atoms with Crippen LogP contribution in [0.1, 0.15) is 0 Å². The normalized spacial score (nSPS) is 23.0. The SMILES string of the molecule is ClC[C@@H]1COc2c(Cl)c(Cl)c(Cl)c(Cl)c2OC[C@@H](Cl)CS1. The third kappa shape index (κ3) is 4.26. The summed E-state index contributed by atoms with van der Waals surface area (Å²) in [5.41, 5.74) is 0. The van der Waals surface area contributed by atoms with Crippen LogP contribution in [0.4, 0.5) is 0 Å². The number of ether oxygens (including phenoxy) is 2. The lowest BCUT2D eigenvalue weighted by Gasteiger charge is -2.23. The topological polar surface area (TPSA) is 18.5 Å². The van der Waals surface area contributed by atoms with E-state index >= 15 is 0 Å². The summed E-state index contributed by atoms with van der Waals surface area (Å²) in [5, 5.41) is 0.433. The Hall–Kier alpha value is 0.910. The highest BCUT2D eigenvalue weighted by Crippen LogP contribution is 2.50. The van der Waals surface area contributed by atoms with Crippen molar-refractivity contribution in [1.82, 2.24) is 0 Å². The number of rotatable bonds is 1. The van der Waals surface area contributed by atoms with Gasteiger partial charge in [0.25, 0.3) is 0 Å². The van der Waals surface area contributed by atoms with Crippen molar-refractivity contribution in [1.29, 1.82) is 0 Å². The molecule has 0 saturated carbocycles. The summed E-state index contributed by atoms with van der Waals surface area (Å²) in [7, 11) is 0. The number of halogens is 6. The first-order valence-corrected chi connectivity index (χ1v) is 9.42. The molecule has 0 N–H and O–H groups in total. The van der Waals surface area contributed by atoms with Gasteiger partial charge in [0, 0.05) is 11.6 Å². The monoisotopic (exact) mass is 428 g/mol. The highest BCUT2D eigenvalue weighted by atomic mass is 35.5. The largest absolute Gasteiger partial charge is 0.487 e. The molecular formula is C12H10Cl6O2S. The van der Waals surface area contributed by atoms with E-state index in [2.05, 4.69) is 0 Å². The standard InChI is InChI=1S/C12H10Cl6O2S/c13-1-6-3-20-12-10(18)8(16)7(15)9(17)11(12)19-2-5(14)4-21-6/h5-6H,1-4H2/t5-,6-/m1/s1. The number of fused-ring (bicyclic) bond motifs is 1. The maximum atomic E-state index is 6.21. The van der Waals surface area contributed by atoms with E-state index in [4.69, 9.17) is 79.1 Å². The van der Waals surface area contributed by atoms with E-state index in [-0.39, 0.29) is 48.8 Å². The maximum Gasteiger partial charge on any atom is 0.183 e. The van der Waals surface area contributed by atoms with Gasteiger partial charge in [0.05, 0.1) is 20.7 Å². The number of alkyl halides is 2. The Morgan fingerprint density at radius 2 is 1.43 bits per heavy atom. The van der Waals surface area contributed by atoms with Crippen LogP contribution in [0.3, 0.4) is 0 Å². The zero-order valence-electron chi connectivity index (χ0n) is 10.5. The van der Waals surface area contributed by atoms with Gasteiger partial charge in [-0.2, -0.15) is 11.8 Å². The Morgan fingerprint density at radius 1 is 0.905 bits per heavy atom. The van der Waals surface area contributed by atoms with Gasteiger partial charge in [0.15, 0.2) is 11.5 Å². The van der Waals surface area contributed by atoms with Crippen LogP contribution in [-0.4, -0.2) is 35.5 Å². The molecule has 0 spiro atoms. The van der Waals surface area contributed by atoms with Crippen molar-refractivity contribution in [3.8, 4) is 11.5 Å². The van der Waals surface area contributed by atoms with Crippen LogP contribution in [0, 0.1) is 0 Å². The van der Waals surface area contributed by atoms with Crippen molar-refractivity contribution in [2.75, 3.05) is 24.8 Å². The van der Waals surface area contributed by atoms with Crippen LogP contribution in [0.5, 0.6) is 11.5 Å². The van der Waals surface area contributed by atoms with E-state index in [1.165, 1.54) is 0 Å². The van der Waals surface area contributed by atoms with E-state index < -0.39 is 0 Å². The molecule has 0 aromatic heterocycles. The highest BCUT2D eigenvalue weighted by molar-refractivity contribution is 8.00. The second kappa shape index (κ2) is 8.14. The maximum absolute atomic E-state index is 6.21. The molecule has 1 aromatic rings. The summed E-state index contributed by atoms with van der Waals surface area (Å²) in [6, 6.07) is 0. The molecule has 0 saturated heterocycles. The molecule has 1 aliphatic rings. The summed E-state index contributed by atoms with van der Waals surface area (Å²) in [4.78, 5) is 0. The molecule has 0 aliphatic carbocycles. The van der Waals surface area contributed by atoms with E-state index in [9.17, 15) is 0 Å². The summed E-state index contributed by atoms with van der Waals surface area (Å²) < 4.78 is 11.3. The fourth-order valence-corrected chi connectivity index (χ4v) is 4.02. The van der Waals surface area contributed by atoms with Gasteiger partial charge >= 0.3 is 0 Å². The van der Waals surface area contributed by atoms with Crippen molar-refractivity contribution < 1.29 is 9.47 Å². The number of benzene rings is 1. The molecule has 9 heteroatoms. The van der Waals surface area contributed by atoms with Crippen LogP contribution in [0.25, 0.3) is 0 Å². The molecule has 0 bridgehead atoms. The second-order valence-electron chi connectivity index (χ2n) is 4.24. The predicted molar refractivity (Wildman–Crippen MR) is 94.1 cm³/mol. The van der Waals surface area contributed by atoms with Crippen molar-refractivity contribution in [3.63, 3.8) is 0 Å². The van der Waals surface area contributed by atoms with Gasteiger partial charge < -0.3 is 9.47 Å². The molecule has 2 atom stereocenters. The zero-order chi connectivity index (χ0) is 15.6. The molecule has 2 nitrogen and oxygen atoms in total. The molecule has 1 heterocycles. The molecule has 0 unspecified atom stereocenters. The summed E-state index contributed by atoms with van der Waals surface area (Å²) >= 11 is 38.2. The third-order valence-corrected chi connectivity index (χ3v) is 6.85. The Kier molecular flexibility index (Phi) is 7.07. The molecule has 0 amide bonds. The highest BCUT2D eigenvalue weighted by Gasteiger charge is 2.26. The van der Waals surface area contributed by atoms with E-state index in [0.29, 0.717) is 18.2 Å². The fourth-order valence-electron chi connectivity index (χ4n) is 1.63. The number of thioether (sulfide) groups is 1. The number of hydrogen-bond acceptors (Lipinski definition) is 3. The van der Waals surface area contributed by atoms with Gasteiger partial charge in [0.1, 0.15) is 23.3 Å². The third-order valence-electron chi connectivity index (χ3n) is 2.69. The van der Waals surface area contributed by atoms with E-state index in [1.54, 1.807) is 11.8 Å². The van der Waals surface area contributed by atoms with Crippen LogP contribution in [-0.2, 0) is 0 Å². The van der Waals surface area contributed by atoms with Crippen LogP contribution >= 0.6 is 81.4 Å². The first-order chi connectivity index (χ1) is 9.95. The van der Waals surface area contributed by atoms with Crippen LogP contribution in [0.2, 0.25) is 20.1 Å².